The minimum atomic E-state index is -1.12. The largest absolute Gasteiger partial charge is 0.744 e. The molecule has 0 bridgehead atoms. The van der Waals surface area contributed by atoms with Crippen molar-refractivity contribution in [2.45, 2.75) is 19.6 Å². The summed E-state index contributed by atoms with van der Waals surface area (Å²) in [6.07, 6.45) is 1.59. The summed E-state index contributed by atoms with van der Waals surface area (Å²) < 4.78 is 27.7. The molecule has 0 saturated heterocycles. The normalized spacial score (nSPS) is 14.1. The van der Waals surface area contributed by atoms with Crippen molar-refractivity contribution in [3.05, 3.63) is 253 Å². The Morgan fingerprint density at radius 1 is 0.500 bits per heavy atom. The van der Waals surface area contributed by atoms with Crippen molar-refractivity contribution in [2.75, 3.05) is 9.80 Å². The molecular weight excluding hydrogens is 1040 g/mol. The van der Waals surface area contributed by atoms with Gasteiger partial charge in [0.05, 0.1) is 28.5 Å². The minimum Gasteiger partial charge on any atom is -0.503 e. The highest BCUT2D eigenvalue weighted by molar-refractivity contribution is 8.00. The molecule has 0 radical (unpaired) electrons. The number of nitrogens with zero attached hydrogens (tertiary/aromatic N) is 5. The summed E-state index contributed by atoms with van der Waals surface area (Å²) in [5, 5.41) is 0. The standard InChI is InChI=1S/C65H40BN5O7S2/c72-40-41-33-34-56-57(35-41)78-66(77-56)71-55(43-19-5-2-6-20-43)39-49(45-22-16-24-47(37-45)76-65(74)70-53-27-9-13-31-60(53)80-61-32-14-10-28-54(61)70)63(71)68-62-48(38-50(67-62)42-17-3-1-4-18-42)44-21-15-23-46(36-44)75-64(73)69-51-25-7-11-29-58(51)79-59-30-12-8-26-52(59)69/h1-40H/b68-62-. The van der Waals surface area contributed by atoms with Crippen LogP contribution in [0.15, 0.2) is 266 Å². The second-order valence-corrected chi connectivity index (χ2v) is 20.9. The van der Waals surface area contributed by atoms with Gasteiger partial charge in [-0.05, 0) is 120 Å². The molecule has 14 rings (SSSR count). The molecule has 4 aliphatic rings. The number of ether oxygens (including phenoxy) is 2. The first-order chi connectivity index (χ1) is 39.4. The predicted octanol–water partition coefficient (Wildman–Crippen LogP) is 16.2. The molecule has 1 aromatic heterocycles. The van der Waals surface area contributed by atoms with Crippen LogP contribution in [0.5, 0.6) is 23.0 Å². The number of carbonyl (C=O) groups is 3. The van der Waals surface area contributed by atoms with Gasteiger partial charge in [0, 0.05) is 47.5 Å². The van der Waals surface area contributed by atoms with Crippen LogP contribution < -0.4 is 28.6 Å². The summed E-state index contributed by atoms with van der Waals surface area (Å²) in [6.45, 7) is 0. The third-order valence-electron chi connectivity index (χ3n) is 13.8. The molecule has 0 atom stereocenters. The Kier molecular flexibility index (Phi) is 12.3. The molecular formula is C65H40BN5O7S2. The zero-order valence-electron chi connectivity index (χ0n) is 42.1. The smallest absolute Gasteiger partial charge is 0.503 e. The molecule has 382 valence electrons. The van der Waals surface area contributed by atoms with Gasteiger partial charge in [-0.15, -0.1) is 0 Å². The SMILES string of the molecule is O=Cc1ccc2c(c1)OB(n1c(-c3ccccc3)cc(-c3cccc(OC(=O)N4c5ccccc5Sc5ccccc54)c3)c1/N=C1\N=C(c3ccccc3)C=C1c1cccc(OC(=O)N3c4ccccc4Sc4ccccc43)c1)O2. The average molecular weight is 1080 g/mol. The molecule has 0 unspecified atom stereocenters. The van der Waals surface area contributed by atoms with Crippen LogP contribution >= 0.6 is 23.5 Å². The van der Waals surface area contributed by atoms with Gasteiger partial charge in [-0.2, -0.15) is 0 Å². The lowest BCUT2D eigenvalue weighted by Crippen LogP contribution is -2.34. The Morgan fingerprint density at radius 3 is 1.55 bits per heavy atom. The second-order valence-electron chi connectivity index (χ2n) is 18.8. The molecule has 4 aliphatic heterocycles. The second kappa shape index (κ2) is 20.4. The van der Waals surface area contributed by atoms with Crippen molar-refractivity contribution in [1.29, 1.82) is 0 Å². The van der Waals surface area contributed by atoms with Crippen molar-refractivity contribution in [1.82, 2.24) is 4.48 Å². The van der Waals surface area contributed by atoms with E-state index >= 15 is 0 Å². The third kappa shape index (κ3) is 8.89. The molecule has 0 spiro atoms. The van der Waals surface area contributed by atoms with E-state index in [0.717, 1.165) is 59.7 Å². The number of allylic oxidation sites excluding steroid dienone is 1. The first kappa shape index (κ1) is 48.3. The fourth-order valence-electron chi connectivity index (χ4n) is 10.1. The molecule has 9 aromatic carbocycles. The van der Waals surface area contributed by atoms with E-state index in [0.29, 0.717) is 73.9 Å². The Bertz CT molecular complexity index is 4170. The number of para-hydroxylation sites is 4. The van der Waals surface area contributed by atoms with E-state index in [1.807, 2.05) is 211 Å². The molecule has 12 nitrogen and oxygen atoms in total. The van der Waals surface area contributed by atoms with Gasteiger partial charge < -0.3 is 18.8 Å². The summed E-state index contributed by atoms with van der Waals surface area (Å²) in [5.74, 6) is 2.15. The quantitative estimate of drug-likeness (QED) is 0.103. The van der Waals surface area contributed by atoms with Crippen LogP contribution in [0.25, 0.3) is 28.0 Å². The monoisotopic (exact) mass is 1080 g/mol. The van der Waals surface area contributed by atoms with Crippen molar-refractivity contribution in [3.63, 3.8) is 0 Å². The van der Waals surface area contributed by atoms with Crippen LogP contribution in [0.2, 0.25) is 0 Å². The lowest BCUT2D eigenvalue weighted by molar-refractivity contribution is 0.112. The Labute approximate surface area is 468 Å². The molecule has 2 amide bonds. The van der Waals surface area contributed by atoms with Gasteiger partial charge in [0.1, 0.15) is 35.1 Å². The lowest BCUT2D eigenvalue weighted by Gasteiger charge is -2.30. The van der Waals surface area contributed by atoms with Gasteiger partial charge in [0.25, 0.3) is 0 Å². The first-order valence-corrected chi connectivity index (χ1v) is 27.2. The van der Waals surface area contributed by atoms with Crippen molar-refractivity contribution >= 4 is 94.9 Å². The predicted molar refractivity (Wildman–Crippen MR) is 314 cm³/mol. The lowest BCUT2D eigenvalue weighted by atomic mass is 10.0. The Morgan fingerprint density at radius 2 is 0.988 bits per heavy atom. The molecule has 0 saturated carbocycles. The molecule has 5 heterocycles. The van der Waals surface area contributed by atoms with Crippen molar-refractivity contribution in [2.24, 2.45) is 9.98 Å². The van der Waals surface area contributed by atoms with Crippen LogP contribution in [0.4, 0.5) is 38.2 Å². The van der Waals surface area contributed by atoms with Gasteiger partial charge in [0.2, 0.25) is 0 Å². The number of fused-ring (bicyclic) bond motifs is 5. The molecule has 10 aromatic rings. The van der Waals surface area contributed by atoms with Crippen LogP contribution in [0.1, 0.15) is 21.5 Å². The van der Waals surface area contributed by atoms with Gasteiger partial charge in [0.15, 0.2) is 5.84 Å². The fourth-order valence-corrected chi connectivity index (χ4v) is 12.2. The number of anilines is 4. The Balaban J connectivity index is 0.901. The van der Waals surface area contributed by atoms with E-state index in [2.05, 4.69) is 0 Å². The number of amides is 2. The molecule has 80 heavy (non-hydrogen) atoms. The van der Waals surface area contributed by atoms with Crippen molar-refractivity contribution < 1.29 is 33.2 Å². The molecule has 0 aliphatic carbocycles. The number of carbonyl (C=O) groups excluding carboxylic acids is 3. The summed E-state index contributed by atoms with van der Waals surface area (Å²) in [6, 6.07) is 72.4. The summed E-state index contributed by atoms with van der Waals surface area (Å²) in [7, 11) is -1.12. The maximum absolute atomic E-state index is 14.6. The van der Waals surface area contributed by atoms with E-state index < -0.39 is 19.4 Å². The van der Waals surface area contributed by atoms with Crippen LogP contribution in [-0.2, 0) is 0 Å². The summed E-state index contributed by atoms with van der Waals surface area (Å²) in [5.41, 5.74) is 8.92. The zero-order valence-corrected chi connectivity index (χ0v) is 43.7. The number of aliphatic imine (C=N–C) groups is 2. The number of amidine groups is 1. The van der Waals surface area contributed by atoms with Crippen LogP contribution in [0, 0.1) is 0 Å². The number of hydrogen-bond donors (Lipinski definition) is 0. The van der Waals surface area contributed by atoms with E-state index in [-0.39, 0.29) is 0 Å². The zero-order chi connectivity index (χ0) is 53.7. The maximum atomic E-state index is 14.6. The highest BCUT2D eigenvalue weighted by Crippen LogP contribution is 2.50. The number of benzene rings is 9. The third-order valence-corrected chi connectivity index (χ3v) is 16.1. The molecule has 0 fully saturated rings. The minimum absolute atomic E-state index is 0.294. The van der Waals surface area contributed by atoms with Crippen LogP contribution in [0.3, 0.4) is 0 Å². The molecule has 0 N–H and O–H groups in total. The highest BCUT2D eigenvalue weighted by Gasteiger charge is 2.41. The van der Waals surface area contributed by atoms with Crippen LogP contribution in [-0.4, -0.2) is 41.8 Å². The van der Waals surface area contributed by atoms with Gasteiger partial charge in [-0.1, -0.05) is 157 Å². The summed E-state index contributed by atoms with van der Waals surface area (Å²) >= 11 is 3.20. The fraction of sp³-hybridized carbons (Fsp3) is 0. The topological polar surface area (TPSA) is 124 Å². The van der Waals surface area contributed by atoms with Gasteiger partial charge >= 0.3 is 19.4 Å². The van der Waals surface area contributed by atoms with E-state index in [1.165, 1.54) is 0 Å². The highest BCUT2D eigenvalue weighted by atomic mass is 32.2. The number of rotatable bonds is 9. The number of aldehydes is 1. The number of hydrogen-bond acceptors (Lipinski definition) is 10. The van der Waals surface area contributed by atoms with Crippen molar-refractivity contribution in [3.8, 4) is 45.4 Å². The van der Waals surface area contributed by atoms with Gasteiger partial charge in [-0.3, -0.25) is 9.27 Å². The van der Waals surface area contributed by atoms with Gasteiger partial charge in [-0.25, -0.2) is 29.4 Å². The Hall–Kier alpha value is -10.1. The van der Waals surface area contributed by atoms with E-state index in [1.54, 1.807) is 63.7 Å². The van der Waals surface area contributed by atoms with E-state index in [9.17, 15) is 14.4 Å². The van der Waals surface area contributed by atoms with E-state index in [4.69, 9.17) is 28.8 Å². The first-order valence-electron chi connectivity index (χ1n) is 25.6. The molecule has 15 heteroatoms. The maximum Gasteiger partial charge on any atom is 0.744 e. The number of aromatic nitrogens is 1. The summed E-state index contributed by atoms with van der Waals surface area (Å²) in [4.78, 5) is 58.8. The average Bonchev–Trinajstić information content (AvgIpc) is 4.28.